The zero-order valence-electron chi connectivity index (χ0n) is 51.6. The molecule has 0 fully saturated rings. The molecule has 0 bridgehead atoms. The summed E-state index contributed by atoms with van der Waals surface area (Å²) in [4.78, 5) is 45.1. The minimum absolute atomic E-state index is 0.0180. The quantitative estimate of drug-likeness (QED) is 0.0204. The van der Waals surface area contributed by atoms with Crippen molar-refractivity contribution in [3.05, 3.63) is 121 Å². The Morgan fingerprint density at radius 3 is 0.886 bits per heavy atom. The summed E-state index contributed by atoms with van der Waals surface area (Å²) in [6.45, 7) is 17.4. The summed E-state index contributed by atoms with van der Waals surface area (Å²) in [5.74, 6) is 0.130. The Kier molecular flexibility index (Phi) is 37.7. The number of carbonyl (C=O) groups is 4. The molecule has 0 aliphatic carbocycles. The lowest BCUT2D eigenvalue weighted by Crippen LogP contribution is -2.66. The second-order valence-corrected chi connectivity index (χ2v) is 32.3. The first-order valence-electron chi connectivity index (χ1n) is 31.4. The van der Waals surface area contributed by atoms with E-state index in [1.807, 2.05) is 6.66 Å². The predicted molar refractivity (Wildman–Crippen MR) is 345 cm³/mol. The largest absolute Gasteiger partial charge is 0.481 e. The number of carboxylic acids is 1. The Hall–Kier alpha value is -3.86. The van der Waals surface area contributed by atoms with Gasteiger partial charge in [0, 0.05) is 51.7 Å². The first-order chi connectivity index (χ1) is 38.6. The number of aldehydes is 1. The second kappa shape index (κ2) is 42.9. The summed E-state index contributed by atoms with van der Waals surface area (Å²) < 4.78 is 20.2. The minimum Gasteiger partial charge on any atom is -0.481 e. The predicted octanol–water partition coefficient (Wildman–Crippen LogP) is 16.7. The SMILES string of the molecule is CC(C)(C)[Si](OCCCCCCCCC(=O)CCCCCCCCC(=O)O)(c1ccccc1)c1ccccc1.CC(C)(C)[Si](OCCCCCCCCC(=O)CCCCCCCCC=O)(c1ccccc1)c1ccccc1.[2H]PC. The lowest BCUT2D eigenvalue weighted by molar-refractivity contribution is -0.137. The van der Waals surface area contributed by atoms with Crippen LogP contribution >= 0.6 is 9.18 Å². The van der Waals surface area contributed by atoms with Crippen LogP contribution in [0.2, 0.25) is 10.1 Å². The summed E-state index contributed by atoms with van der Waals surface area (Å²) in [6.07, 6.45) is 31.1. The molecule has 0 saturated carbocycles. The van der Waals surface area contributed by atoms with Gasteiger partial charge >= 0.3 is 5.97 Å². The van der Waals surface area contributed by atoms with E-state index in [-0.39, 0.29) is 16.5 Å². The smallest absolute Gasteiger partial charge is 0.303 e. The third-order valence-electron chi connectivity index (χ3n) is 15.3. The molecule has 0 amide bonds. The number of aliphatic carboxylic acids is 1. The van der Waals surface area contributed by atoms with Crippen LogP contribution in [0.4, 0.5) is 0 Å². The van der Waals surface area contributed by atoms with E-state index in [1.54, 1.807) is 0 Å². The molecule has 4 aromatic rings. The highest BCUT2D eigenvalue weighted by Crippen LogP contribution is 2.38. The highest BCUT2D eigenvalue weighted by molar-refractivity contribution is 7.15. The number of benzene rings is 4. The average Bonchev–Trinajstić information content (AvgIpc) is 3.60. The molecule has 0 heterocycles. The van der Waals surface area contributed by atoms with Crippen LogP contribution in [0.3, 0.4) is 0 Å². The van der Waals surface area contributed by atoms with Crippen molar-refractivity contribution in [2.75, 3.05) is 19.9 Å². The second-order valence-electron chi connectivity index (χ2n) is 23.7. The summed E-state index contributed by atoms with van der Waals surface area (Å²) in [7, 11) is -4.51. The maximum atomic E-state index is 12.2. The zero-order valence-corrected chi connectivity index (χ0v) is 53.6. The molecule has 440 valence electrons. The Bertz CT molecular complexity index is 2090. The van der Waals surface area contributed by atoms with Crippen molar-refractivity contribution >= 4 is 70.4 Å². The van der Waals surface area contributed by atoms with Gasteiger partial charge in [-0.15, -0.1) is 9.18 Å². The molecule has 0 aromatic heterocycles. The maximum absolute atomic E-state index is 12.2. The number of rotatable bonds is 42. The molecule has 10 heteroatoms. The Labute approximate surface area is 487 Å². The molecule has 0 radical (unpaired) electrons. The molecule has 7 nitrogen and oxygen atoms in total. The molecule has 0 spiro atoms. The van der Waals surface area contributed by atoms with Crippen molar-refractivity contribution in [3.8, 4) is 0 Å². The van der Waals surface area contributed by atoms with Crippen molar-refractivity contribution in [1.29, 1.82) is 1.28 Å². The first-order valence-corrected chi connectivity index (χ1v) is 35.7. The summed E-state index contributed by atoms with van der Waals surface area (Å²) in [5, 5.41) is 14.1. The number of carboxylic acid groups (broad SMARTS) is 1. The number of ketones is 2. The number of hydrogen-bond donors (Lipinski definition) is 1. The minimum atomic E-state index is -2.43. The van der Waals surface area contributed by atoms with Crippen LogP contribution in [0.1, 0.15) is 234 Å². The van der Waals surface area contributed by atoms with Crippen LogP contribution in [0.15, 0.2) is 121 Å². The van der Waals surface area contributed by atoms with E-state index in [9.17, 15) is 19.2 Å². The van der Waals surface area contributed by atoms with E-state index in [1.165, 1.54) is 72.1 Å². The molecular weight excluding hydrogens is 1030 g/mol. The van der Waals surface area contributed by atoms with E-state index < -0.39 is 22.6 Å². The van der Waals surface area contributed by atoms with E-state index >= 15 is 0 Å². The number of Topliss-reactive ketones (excluding diaryl/α,β-unsaturated/α-hetero) is 2. The van der Waals surface area contributed by atoms with Gasteiger partial charge in [-0.2, -0.15) is 0 Å². The Balaban J connectivity index is 0.000000521. The van der Waals surface area contributed by atoms with Crippen LogP contribution in [-0.2, 0) is 28.0 Å². The van der Waals surface area contributed by atoms with Gasteiger partial charge in [-0.1, -0.05) is 272 Å². The van der Waals surface area contributed by atoms with E-state index in [4.69, 9.17) is 15.2 Å². The van der Waals surface area contributed by atoms with Gasteiger partial charge < -0.3 is 18.8 Å². The number of unbranched alkanes of at least 4 members (excludes halogenated alkanes) is 21. The normalized spacial score (nSPS) is 12.1. The first kappa shape index (κ1) is 69.4. The van der Waals surface area contributed by atoms with Gasteiger partial charge in [0.2, 0.25) is 0 Å². The summed E-state index contributed by atoms with van der Waals surface area (Å²) in [5.41, 5.74) is 0. The molecule has 1 unspecified atom stereocenters. The van der Waals surface area contributed by atoms with Crippen LogP contribution in [0, 0.1) is 0 Å². The summed E-state index contributed by atoms with van der Waals surface area (Å²) in [6, 6.07) is 43.4. The van der Waals surface area contributed by atoms with Gasteiger partial charge in [-0.05, 0) is 82.2 Å². The van der Waals surface area contributed by atoms with Gasteiger partial charge in [0.15, 0.2) is 0 Å². The molecule has 1 atom stereocenters. The highest BCUT2D eigenvalue weighted by atomic mass is 31.0. The Morgan fingerprint density at radius 2 is 0.646 bits per heavy atom. The van der Waals surface area contributed by atoms with Crippen molar-refractivity contribution in [3.63, 3.8) is 0 Å². The van der Waals surface area contributed by atoms with Gasteiger partial charge in [0.05, 0.1) is 1.28 Å². The summed E-state index contributed by atoms with van der Waals surface area (Å²) >= 11 is 0. The van der Waals surface area contributed by atoms with Crippen LogP contribution in [-0.4, -0.2) is 66.7 Å². The van der Waals surface area contributed by atoms with E-state index in [2.05, 4.69) is 163 Å². The van der Waals surface area contributed by atoms with Crippen molar-refractivity contribution in [2.24, 2.45) is 0 Å². The lowest BCUT2D eigenvalue weighted by Gasteiger charge is -2.43. The lowest BCUT2D eigenvalue weighted by atomic mass is 10.0. The topological polar surface area (TPSA) is 107 Å². The Morgan fingerprint density at radius 1 is 0.418 bits per heavy atom. The zero-order chi connectivity index (χ0) is 58.6. The van der Waals surface area contributed by atoms with Crippen molar-refractivity contribution in [2.45, 2.75) is 244 Å². The molecule has 79 heavy (non-hydrogen) atoms. The van der Waals surface area contributed by atoms with Crippen LogP contribution in [0.25, 0.3) is 0 Å². The molecule has 1 N–H and O–H groups in total. The third-order valence-corrected chi connectivity index (χ3v) is 25.4. The fraction of sp³-hybridized carbons (Fsp3) is 0.594. The number of carbonyl (C=O) groups excluding carboxylic acids is 3. The van der Waals surface area contributed by atoms with E-state index in [0.29, 0.717) is 33.6 Å². The highest BCUT2D eigenvalue weighted by Gasteiger charge is 2.51. The average molecular weight is 1140 g/mol. The van der Waals surface area contributed by atoms with Gasteiger partial charge in [-0.25, -0.2) is 0 Å². The van der Waals surface area contributed by atoms with Crippen LogP contribution in [0.5, 0.6) is 0 Å². The maximum Gasteiger partial charge on any atom is 0.303 e. The molecular formula is C69H109O7PSi2. The fourth-order valence-corrected chi connectivity index (χ4v) is 20.3. The van der Waals surface area contributed by atoms with Gasteiger partial charge in [-0.3, -0.25) is 14.4 Å². The van der Waals surface area contributed by atoms with Crippen LogP contribution < -0.4 is 20.7 Å². The van der Waals surface area contributed by atoms with Gasteiger partial charge in [0.25, 0.3) is 16.6 Å². The van der Waals surface area contributed by atoms with Crippen molar-refractivity contribution in [1.82, 2.24) is 0 Å². The van der Waals surface area contributed by atoms with Crippen molar-refractivity contribution < 1.29 is 33.1 Å². The molecule has 4 rings (SSSR count). The number of hydrogen-bond acceptors (Lipinski definition) is 6. The molecule has 0 aliphatic rings. The monoisotopic (exact) mass is 1140 g/mol. The third kappa shape index (κ3) is 28.1. The van der Waals surface area contributed by atoms with Gasteiger partial charge in [0.1, 0.15) is 17.9 Å². The standard InChI is InChI=1S/C34H52O4Si.C34H52O3Si.CH5P/c1-34(2,3)39(31-24-16-12-17-25-31,32-26-18-13-19-27-32)38-29-21-11-7-6-9-15-23-30(35)22-14-8-4-5-10-20-28-33(36)37;1-34(2,3)38(32-25-17-13-18-26-32,33-27-19-14-20-28-33)37-30-22-12-8-6-10-16-24-31(36)23-15-9-5-4-7-11-21-29-35;1-2/h12-13,16-19,24-27H,4-11,14-15,20-23,28-29H2,1-3H3,(H,36,37);13-14,17-20,25-29H,4-12,15-16,21-24,30H2,1-3H3;2H2,1H3/i;;2D. The molecule has 0 saturated heterocycles. The fourth-order valence-electron chi connectivity index (χ4n) is 11.0. The molecule has 0 aliphatic heterocycles. The molecule has 4 aromatic carbocycles. The van der Waals surface area contributed by atoms with E-state index in [0.717, 1.165) is 141 Å².